The second-order valence-corrected chi connectivity index (χ2v) is 5.24. The molecule has 0 unspecified atom stereocenters. The van der Waals surface area contributed by atoms with E-state index in [1.165, 1.54) is 4.90 Å². The Hall–Kier alpha value is -1.85. The van der Waals surface area contributed by atoms with Crippen molar-refractivity contribution in [2.75, 3.05) is 6.54 Å². The highest BCUT2D eigenvalue weighted by molar-refractivity contribution is 5.94. The van der Waals surface area contributed by atoms with Gasteiger partial charge in [-0.1, -0.05) is 5.16 Å². The van der Waals surface area contributed by atoms with Gasteiger partial charge in [-0.15, -0.1) is 0 Å². The van der Waals surface area contributed by atoms with Gasteiger partial charge in [0.1, 0.15) is 6.04 Å². The molecule has 102 valence electrons. The van der Waals surface area contributed by atoms with Gasteiger partial charge in [-0.2, -0.15) is 0 Å². The lowest BCUT2D eigenvalue weighted by molar-refractivity contribution is -0.143. The molecule has 1 atom stereocenters. The van der Waals surface area contributed by atoms with Crippen LogP contribution < -0.4 is 0 Å². The number of nitrogens with zero attached hydrogens (tertiary/aromatic N) is 2. The molecule has 2 heterocycles. The van der Waals surface area contributed by atoms with Gasteiger partial charge in [-0.25, -0.2) is 4.79 Å². The molecule has 6 nitrogen and oxygen atoms in total. The lowest BCUT2D eigenvalue weighted by Crippen LogP contribution is -2.47. The second-order valence-electron chi connectivity index (χ2n) is 5.24. The number of carbonyl (C=O) groups excluding carboxylic acids is 1. The molecule has 3 rings (SSSR count). The fraction of sp³-hybridized carbons (Fsp3) is 0.615. The lowest BCUT2D eigenvalue weighted by atomic mass is 10.0. The van der Waals surface area contributed by atoms with Gasteiger partial charge in [0, 0.05) is 18.5 Å². The summed E-state index contributed by atoms with van der Waals surface area (Å²) >= 11 is 0. The van der Waals surface area contributed by atoms with Gasteiger partial charge in [-0.05, 0) is 32.1 Å². The van der Waals surface area contributed by atoms with Crippen LogP contribution >= 0.6 is 0 Å². The Labute approximate surface area is 110 Å². The van der Waals surface area contributed by atoms with Crippen LogP contribution in [0.15, 0.2) is 10.6 Å². The van der Waals surface area contributed by atoms with Crippen molar-refractivity contribution in [3.63, 3.8) is 0 Å². The summed E-state index contributed by atoms with van der Waals surface area (Å²) in [6.07, 6.45) is 4.34. The third kappa shape index (κ3) is 2.34. The van der Waals surface area contributed by atoms with Crippen LogP contribution in [0.3, 0.4) is 0 Å². The van der Waals surface area contributed by atoms with Gasteiger partial charge in [0.25, 0.3) is 5.91 Å². The molecule has 1 aliphatic carbocycles. The highest BCUT2D eigenvalue weighted by Crippen LogP contribution is 2.39. The third-order valence-electron chi connectivity index (χ3n) is 3.78. The monoisotopic (exact) mass is 264 g/mol. The third-order valence-corrected chi connectivity index (χ3v) is 3.78. The zero-order valence-electron chi connectivity index (χ0n) is 10.5. The Morgan fingerprint density at radius 2 is 2.11 bits per heavy atom. The number of piperidine rings is 1. The summed E-state index contributed by atoms with van der Waals surface area (Å²) in [6, 6.07) is 0.920. The van der Waals surface area contributed by atoms with E-state index in [9.17, 15) is 9.59 Å². The van der Waals surface area contributed by atoms with E-state index in [1.54, 1.807) is 6.07 Å². The topological polar surface area (TPSA) is 83.6 Å². The fourth-order valence-electron chi connectivity index (χ4n) is 2.53. The van der Waals surface area contributed by atoms with Crippen LogP contribution in [0, 0.1) is 0 Å². The van der Waals surface area contributed by atoms with Gasteiger partial charge in [0.2, 0.25) is 5.76 Å². The molecule has 2 fully saturated rings. The largest absolute Gasteiger partial charge is 0.480 e. The Bertz CT molecular complexity index is 506. The zero-order valence-corrected chi connectivity index (χ0v) is 10.5. The van der Waals surface area contributed by atoms with Crippen molar-refractivity contribution in [1.82, 2.24) is 10.1 Å². The van der Waals surface area contributed by atoms with Crippen LogP contribution in [0.25, 0.3) is 0 Å². The first-order chi connectivity index (χ1) is 9.16. The summed E-state index contributed by atoms with van der Waals surface area (Å²) in [5.41, 5.74) is 0.812. The Morgan fingerprint density at radius 1 is 1.32 bits per heavy atom. The molecule has 1 aromatic rings. The van der Waals surface area contributed by atoms with Crippen LogP contribution in [0.4, 0.5) is 0 Å². The Kier molecular flexibility index (Phi) is 3.00. The number of carboxylic acids is 1. The molecule has 1 aromatic heterocycles. The normalized spacial score (nSPS) is 23.4. The number of amides is 1. The van der Waals surface area contributed by atoms with Gasteiger partial charge in [0.15, 0.2) is 0 Å². The first-order valence-electron chi connectivity index (χ1n) is 6.67. The van der Waals surface area contributed by atoms with Crippen LogP contribution in [-0.4, -0.2) is 39.6 Å². The van der Waals surface area contributed by atoms with Gasteiger partial charge < -0.3 is 14.5 Å². The summed E-state index contributed by atoms with van der Waals surface area (Å²) in [6.45, 7) is 0.468. The molecule has 1 saturated heterocycles. The highest BCUT2D eigenvalue weighted by atomic mass is 16.5. The minimum atomic E-state index is -0.949. The molecule has 1 saturated carbocycles. The summed E-state index contributed by atoms with van der Waals surface area (Å²) in [5, 5.41) is 13.1. The molecule has 0 aromatic carbocycles. The molecule has 1 amide bonds. The number of aromatic nitrogens is 1. The molecule has 0 spiro atoms. The van der Waals surface area contributed by atoms with Crippen molar-refractivity contribution in [3.05, 3.63) is 17.5 Å². The predicted molar refractivity (Wildman–Crippen MR) is 64.8 cm³/mol. The van der Waals surface area contributed by atoms with Gasteiger partial charge >= 0.3 is 5.97 Å². The number of likely N-dealkylation sites (tertiary alicyclic amines) is 1. The van der Waals surface area contributed by atoms with E-state index in [1.807, 2.05) is 0 Å². The van der Waals surface area contributed by atoms with E-state index in [0.717, 1.165) is 31.4 Å². The fourth-order valence-corrected chi connectivity index (χ4v) is 2.53. The number of carboxylic acid groups (broad SMARTS) is 1. The molecule has 6 heteroatoms. The SMILES string of the molecule is O=C(O)[C@H]1CCCCN1C(=O)c1cc(C2CC2)no1. The van der Waals surface area contributed by atoms with Crippen LogP contribution in [0.2, 0.25) is 0 Å². The highest BCUT2D eigenvalue weighted by Gasteiger charge is 2.35. The van der Waals surface area contributed by atoms with Crippen molar-refractivity contribution >= 4 is 11.9 Å². The van der Waals surface area contributed by atoms with E-state index in [2.05, 4.69) is 5.16 Å². The molecule has 0 radical (unpaired) electrons. The molecule has 2 aliphatic rings. The standard InChI is InChI=1S/C13H16N2O4/c16-12(11-7-9(14-19-11)8-4-5-8)15-6-2-1-3-10(15)13(17)18/h7-8,10H,1-6H2,(H,17,18)/t10-/m1/s1. The second kappa shape index (κ2) is 4.68. The van der Waals surface area contributed by atoms with Gasteiger partial charge in [0.05, 0.1) is 5.69 Å². The van der Waals surface area contributed by atoms with Crippen molar-refractivity contribution < 1.29 is 19.2 Å². The van der Waals surface area contributed by atoms with Crippen LogP contribution in [0.5, 0.6) is 0 Å². The number of carbonyl (C=O) groups is 2. The Balaban J connectivity index is 1.78. The maximum Gasteiger partial charge on any atom is 0.326 e. The van der Waals surface area contributed by atoms with E-state index < -0.39 is 12.0 Å². The van der Waals surface area contributed by atoms with Crippen molar-refractivity contribution in [2.45, 2.75) is 44.1 Å². The summed E-state index contributed by atoms with van der Waals surface area (Å²) in [4.78, 5) is 24.9. The average molecular weight is 264 g/mol. The molecule has 1 N–H and O–H groups in total. The molecule has 0 bridgehead atoms. The minimum absolute atomic E-state index is 0.162. The van der Waals surface area contributed by atoms with Crippen LogP contribution in [-0.2, 0) is 4.79 Å². The maximum absolute atomic E-state index is 12.3. The van der Waals surface area contributed by atoms with Crippen molar-refractivity contribution in [2.24, 2.45) is 0 Å². The van der Waals surface area contributed by atoms with Crippen molar-refractivity contribution in [1.29, 1.82) is 0 Å². The van der Waals surface area contributed by atoms with E-state index in [-0.39, 0.29) is 11.7 Å². The molecular formula is C13H16N2O4. The number of aliphatic carboxylic acids is 1. The summed E-state index contributed by atoms with van der Waals surface area (Å²) in [7, 11) is 0. The lowest BCUT2D eigenvalue weighted by Gasteiger charge is -2.31. The average Bonchev–Trinajstić information content (AvgIpc) is 3.16. The maximum atomic E-state index is 12.3. The first kappa shape index (κ1) is 12.2. The molecular weight excluding hydrogens is 248 g/mol. The quantitative estimate of drug-likeness (QED) is 0.897. The molecule has 19 heavy (non-hydrogen) atoms. The Morgan fingerprint density at radius 3 is 2.79 bits per heavy atom. The van der Waals surface area contributed by atoms with E-state index in [0.29, 0.717) is 18.9 Å². The van der Waals surface area contributed by atoms with Gasteiger partial charge in [-0.3, -0.25) is 4.79 Å². The number of hydrogen-bond acceptors (Lipinski definition) is 4. The smallest absolute Gasteiger partial charge is 0.326 e. The van der Waals surface area contributed by atoms with Crippen molar-refractivity contribution in [3.8, 4) is 0 Å². The first-order valence-corrected chi connectivity index (χ1v) is 6.67. The molecule has 1 aliphatic heterocycles. The van der Waals surface area contributed by atoms with Crippen LogP contribution in [0.1, 0.15) is 54.3 Å². The number of rotatable bonds is 3. The number of hydrogen-bond donors (Lipinski definition) is 1. The summed E-state index contributed by atoms with van der Waals surface area (Å²) < 4.78 is 5.07. The minimum Gasteiger partial charge on any atom is -0.480 e. The summed E-state index contributed by atoms with van der Waals surface area (Å²) in [5.74, 6) is -0.724. The van der Waals surface area contributed by atoms with E-state index in [4.69, 9.17) is 9.63 Å². The zero-order chi connectivity index (χ0) is 13.4. The van der Waals surface area contributed by atoms with E-state index >= 15 is 0 Å². The predicted octanol–water partition coefficient (Wildman–Crippen LogP) is 1.63.